The number of sulfonamides is 1. The molecule has 7 heteroatoms. The Bertz CT molecular complexity index is 571. The van der Waals surface area contributed by atoms with Crippen LogP contribution in [0.2, 0.25) is 5.02 Å². The van der Waals surface area contributed by atoms with Crippen molar-refractivity contribution in [3.05, 3.63) is 34.9 Å². The van der Waals surface area contributed by atoms with E-state index in [1.165, 1.54) is 18.5 Å². The molecule has 0 aliphatic rings. The molecule has 0 saturated carbocycles. The molecule has 0 heterocycles. The van der Waals surface area contributed by atoms with Crippen molar-refractivity contribution in [1.29, 1.82) is 0 Å². The molecule has 0 aromatic heterocycles. The number of hydrogen-bond donors (Lipinski definition) is 0. The third kappa shape index (κ3) is 5.30. The smallest absolute Gasteiger partial charge is 0.305 e. The highest BCUT2D eigenvalue weighted by molar-refractivity contribution is 7.89. The fourth-order valence-electron chi connectivity index (χ4n) is 1.84. The average molecular weight is 334 g/mol. The van der Waals surface area contributed by atoms with Gasteiger partial charge in [-0.15, -0.1) is 0 Å². The summed E-state index contributed by atoms with van der Waals surface area (Å²) in [5.74, 6) is -0.491. The summed E-state index contributed by atoms with van der Waals surface area (Å²) in [6, 6.07) is 6.75. The van der Waals surface area contributed by atoms with Gasteiger partial charge in [-0.1, -0.05) is 23.7 Å². The Morgan fingerprint density at radius 1 is 1.33 bits per heavy atom. The molecule has 1 aromatic carbocycles. The van der Waals surface area contributed by atoms with Crippen molar-refractivity contribution in [3.8, 4) is 0 Å². The zero-order chi connectivity index (χ0) is 16.0. The number of ether oxygens (including phenoxy) is 1. The van der Waals surface area contributed by atoms with E-state index in [1.807, 2.05) is 0 Å². The maximum Gasteiger partial charge on any atom is 0.305 e. The van der Waals surface area contributed by atoms with Crippen molar-refractivity contribution < 1.29 is 17.9 Å². The number of rotatable bonds is 7. The maximum atomic E-state index is 12.2. The highest BCUT2D eigenvalue weighted by atomic mass is 35.5. The van der Waals surface area contributed by atoms with E-state index in [0.717, 1.165) is 5.56 Å². The van der Waals surface area contributed by atoms with Gasteiger partial charge in [0.2, 0.25) is 10.0 Å². The van der Waals surface area contributed by atoms with E-state index in [2.05, 4.69) is 4.74 Å². The van der Waals surface area contributed by atoms with Gasteiger partial charge < -0.3 is 4.74 Å². The van der Waals surface area contributed by atoms with Gasteiger partial charge in [-0.25, -0.2) is 8.42 Å². The lowest BCUT2D eigenvalue weighted by Crippen LogP contribution is -2.32. The Hall–Kier alpha value is -1.11. The molecular weight excluding hydrogens is 314 g/mol. The van der Waals surface area contributed by atoms with Gasteiger partial charge in [0, 0.05) is 24.5 Å². The first-order chi connectivity index (χ1) is 9.77. The fourth-order valence-corrected chi connectivity index (χ4v) is 3.36. The maximum absolute atomic E-state index is 12.2. The molecule has 21 heavy (non-hydrogen) atoms. The van der Waals surface area contributed by atoms with Gasteiger partial charge in [0.15, 0.2) is 0 Å². The minimum Gasteiger partial charge on any atom is -0.469 e. The normalized spacial score (nSPS) is 13.2. The monoisotopic (exact) mass is 333 g/mol. The van der Waals surface area contributed by atoms with Gasteiger partial charge in [-0.2, -0.15) is 4.31 Å². The Kier molecular flexibility index (Phi) is 6.64. The molecule has 0 saturated heterocycles. The van der Waals surface area contributed by atoms with Gasteiger partial charge in [0.25, 0.3) is 0 Å². The number of halogens is 1. The van der Waals surface area contributed by atoms with Crippen LogP contribution in [0.4, 0.5) is 0 Å². The highest BCUT2D eigenvalue weighted by Gasteiger charge is 2.24. The van der Waals surface area contributed by atoms with E-state index in [-0.39, 0.29) is 24.6 Å². The number of benzene rings is 1. The first-order valence-electron chi connectivity index (χ1n) is 6.56. The Morgan fingerprint density at radius 3 is 2.43 bits per heavy atom. The van der Waals surface area contributed by atoms with Gasteiger partial charge >= 0.3 is 5.97 Å². The Balaban J connectivity index is 2.69. The van der Waals surface area contributed by atoms with E-state index in [0.29, 0.717) is 5.02 Å². The lowest BCUT2D eigenvalue weighted by Gasteiger charge is -2.24. The Labute approximate surface area is 130 Å². The van der Waals surface area contributed by atoms with Crippen molar-refractivity contribution in [2.75, 3.05) is 19.9 Å². The highest BCUT2D eigenvalue weighted by Crippen LogP contribution is 2.23. The number of hydrogen-bond acceptors (Lipinski definition) is 4. The van der Waals surface area contributed by atoms with Crippen molar-refractivity contribution in [1.82, 2.24) is 4.31 Å². The fraction of sp³-hybridized carbons (Fsp3) is 0.500. The van der Waals surface area contributed by atoms with Crippen LogP contribution in [0.15, 0.2) is 24.3 Å². The molecule has 0 radical (unpaired) electrons. The molecule has 1 rings (SSSR count). The molecule has 0 aliphatic carbocycles. The number of carbonyl (C=O) groups is 1. The third-order valence-electron chi connectivity index (χ3n) is 3.35. The van der Waals surface area contributed by atoms with Crippen LogP contribution < -0.4 is 0 Å². The zero-order valence-corrected chi connectivity index (χ0v) is 13.9. The SMILES string of the molecule is COC(=O)CCCS(=O)(=O)N(C)C(C)c1ccc(Cl)cc1. The summed E-state index contributed by atoms with van der Waals surface area (Å²) >= 11 is 5.82. The third-order valence-corrected chi connectivity index (χ3v) is 5.60. The summed E-state index contributed by atoms with van der Waals surface area (Å²) in [6.45, 7) is 1.81. The minimum atomic E-state index is -3.43. The van der Waals surface area contributed by atoms with Crippen LogP contribution in [-0.2, 0) is 19.6 Å². The van der Waals surface area contributed by atoms with E-state index in [4.69, 9.17) is 11.6 Å². The lowest BCUT2D eigenvalue weighted by molar-refractivity contribution is -0.140. The predicted octanol–water partition coefficient (Wildman–Crippen LogP) is 2.62. The number of nitrogens with zero attached hydrogens (tertiary/aromatic N) is 1. The van der Waals surface area contributed by atoms with E-state index in [9.17, 15) is 13.2 Å². The van der Waals surface area contributed by atoms with Crippen molar-refractivity contribution in [2.45, 2.75) is 25.8 Å². The molecule has 0 spiro atoms. The van der Waals surface area contributed by atoms with Crippen LogP contribution in [-0.4, -0.2) is 38.6 Å². The largest absolute Gasteiger partial charge is 0.469 e. The minimum absolute atomic E-state index is 0.0868. The van der Waals surface area contributed by atoms with Crippen LogP contribution in [0.1, 0.15) is 31.4 Å². The average Bonchev–Trinajstić information content (AvgIpc) is 2.46. The van der Waals surface area contributed by atoms with Crippen molar-refractivity contribution >= 4 is 27.6 Å². The lowest BCUT2D eigenvalue weighted by atomic mass is 10.1. The van der Waals surface area contributed by atoms with Crippen molar-refractivity contribution in [2.24, 2.45) is 0 Å². The summed E-state index contributed by atoms with van der Waals surface area (Å²) < 4.78 is 30.3. The first-order valence-corrected chi connectivity index (χ1v) is 8.54. The van der Waals surface area contributed by atoms with Gasteiger partial charge in [-0.05, 0) is 31.0 Å². The van der Waals surface area contributed by atoms with Crippen LogP contribution in [0.3, 0.4) is 0 Å². The molecule has 1 aromatic rings. The van der Waals surface area contributed by atoms with Crippen molar-refractivity contribution in [3.63, 3.8) is 0 Å². The molecular formula is C14H20ClNO4S. The van der Waals surface area contributed by atoms with Gasteiger partial charge in [-0.3, -0.25) is 4.79 Å². The summed E-state index contributed by atoms with van der Waals surface area (Å²) in [4.78, 5) is 11.0. The van der Waals surface area contributed by atoms with E-state index in [1.54, 1.807) is 31.2 Å². The molecule has 1 atom stereocenters. The van der Waals surface area contributed by atoms with E-state index < -0.39 is 16.0 Å². The van der Waals surface area contributed by atoms with Crippen LogP contribution in [0.25, 0.3) is 0 Å². The number of methoxy groups -OCH3 is 1. The topological polar surface area (TPSA) is 63.7 Å². The predicted molar refractivity (Wildman–Crippen MR) is 82.7 cm³/mol. The summed E-state index contributed by atoms with van der Waals surface area (Å²) in [5, 5.41) is 0.606. The van der Waals surface area contributed by atoms with Crippen LogP contribution in [0.5, 0.6) is 0 Å². The molecule has 0 aliphatic heterocycles. The second-order valence-corrected chi connectivity index (χ2v) is 7.32. The second-order valence-electron chi connectivity index (χ2n) is 4.74. The second kappa shape index (κ2) is 7.77. The number of esters is 1. The molecule has 118 valence electrons. The van der Waals surface area contributed by atoms with Gasteiger partial charge in [0.1, 0.15) is 0 Å². The van der Waals surface area contributed by atoms with Crippen LogP contribution >= 0.6 is 11.6 Å². The molecule has 1 unspecified atom stereocenters. The standard InChI is InChI=1S/C14H20ClNO4S/c1-11(12-6-8-13(15)9-7-12)16(2)21(18,19)10-4-5-14(17)20-3/h6-9,11H,4-5,10H2,1-3H3. The van der Waals surface area contributed by atoms with E-state index >= 15 is 0 Å². The summed E-state index contributed by atoms with van der Waals surface area (Å²) in [5.41, 5.74) is 0.860. The summed E-state index contributed by atoms with van der Waals surface area (Å²) in [6.07, 6.45) is 0.339. The summed E-state index contributed by atoms with van der Waals surface area (Å²) in [7, 11) is -0.611. The quantitative estimate of drug-likeness (QED) is 0.719. The molecule has 0 amide bonds. The van der Waals surface area contributed by atoms with Crippen LogP contribution in [0, 0.1) is 0 Å². The zero-order valence-electron chi connectivity index (χ0n) is 12.4. The molecule has 0 N–H and O–H groups in total. The first kappa shape index (κ1) is 17.9. The Morgan fingerprint density at radius 2 is 1.90 bits per heavy atom. The number of carbonyl (C=O) groups excluding carboxylic acids is 1. The molecule has 5 nitrogen and oxygen atoms in total. The van der Waals surface area contributed by atoms with Gasteiger partial charge in [0.05, 0.1) is 12.9 Å². The molecule has 0 fully saturated rings. The molecule has 0 bridgehead atoms.